The first-order chi connectivity index (χ1) is 15.4. The number of nitrogens with two attached hydrogens (primary N) is 1. The fourth-order valence-electron chi connectivity index (χ4n) is 3.62. The summed E-state index contributed by atoms with van der Waals surface area (Å²) in [5, 5.41) is 5.86. The van der Waals surface area contributed by atoms with E-state index < -0.39 is 12.0 Å². The number of amides is 3. The summed E-state index contributed by atoms with van der Waals surface area (Å²) in [5.41, 5.74) is 7.07. The molecule has 170 valence electrons. The molecule has 0 bridgehead atoms. The van der Waals surface area contributed by atoms with Gasteiger partial charge in [-0.3, -0.25) is 14.4 Å². The average molecular weight is 439 g/mol. The molecule has 0 spiro atoms. The van der Waals surface area contributed by atoms with Crippen molar-refractivity contribution >= 4 is 29.1 Å². The van der Waals surface area contributed by atoms with Gasteiger partial charge in [0.1, 0.15) is 5.75 Å². The molecule has 32 heavy (non-hydrogen) atoms. The minimum absolute atomic E-state index is 0.114. The van der Waals surface area contributed by atoms with Gasteiger partial charge in [-0.25, -0.2) is 0 Å². The fourth-order valence-corrected chi connectivity index (χ4v) is 3.62. The molecule has 0 saturated carbocycles. The number of rotatable bonds is 9. The molecule has 4 N–H and O–H groups in total. The molecule has 2 aromatic rings. The molecule has 0 aliphatic carbocycles. The second-order valence-electron chi connectivity index (χ2n) is 7.78. The second kappa shape index (κ2) is 10.7. The van der Waals surface area contributed by atoms with Crippen molar-refractivity contribution in [3.05, 3.63) is 54.1 Å². The molecule has 0 radical (unpaired) electrons. The van der Waals surface area contributed by atoms with Gasteiger partial charge in [0.15, 0.2) is 6.10 Å². The van der Waals surface area contributed by atoms with Crippen LogP contribution in [0.5, 0.6) is 5.75 Å². The molecule has 2 aromatic carbocycles. The van der Waals surface area contributed by atoms with Gasteiger partial charge in [-0.1, -0.05) is 26.0 Å². The predicted molar refractivity (Wildman–Crippen MR) is 124 cm³/mol. The van der Waals surface area contributed by atoms with Gasteiger partial charge in [0, 0.05) is 30.3 Å². The van der Waals surface area contributed by atoms with Crippen LogP contribution in [0.25, 0.3) is 0 Å². The summed E-state index contributed by atoms with van der Waals surface area (Å²) in [4.78, 5) is 38.4. The van der Waals surface area contributed by atoms with E-state index in [9.17, 15) is 14.4 Å². The van der Waals surface area contributed by atoms with Crippen LogP contribution in [0.1, 0.15) is 43.5 Å². The summed E-state index contributed by atoms with van der Waals surface area (Å²) >= 11 is 0. The Bertz CT molecular complexity index is 957. The van der Waals surface area contributed by atoms with Crippen molar-refractivity contribution in [2.45, 2.75) is 45.3 Å². The number of nitrogens with zero attached hydrogens (tertiary/aromatic N) is 1. The van der Waals surface area contributed by atoms with Crippen molar-refractivity contribution in [1.29, 1.82) is 0 Å². The molecule has 0 saturated heterocycles. The van der Waals surface area contributed by atoms with Crippen LogP contribution in [-0.4, -0.2) is 43.0 Å². The summed E-state index contributed by atoms with van der Waals surface area (Å²) in [6.07, 6.45) is 1.30. The van der Waals surface area contributed by atoms with E-state index in [-0.39, 0.29) is 24.3 Å². The molecule has 8 heteroatoms. The summed E-state index contributed by atoms with van der Waals surface area (Å²) in [7, 11) is 0. The fraction of sp³-hybridized carbons (Fsp3) is 0.375. The van der Waals surface area contributed by atoms with Gasteiger partial charge in [-0.15, -0.1) is 0 Å². The first-order valence-electron chi connectivity index (χ1n) is 10.9. The Balaban J connectivity index is 1.63. The zero-order chi connectivity index (χ0) is 23.1. The van der Waals surface area contributed by atoms with Crippen LogP contribution in [0.2, 0.25) is 0 Å². The van der Waals surface area contributed by atoms with Crippen LogP contribution < -0.4 is 26.0 Å². The van der Waals surface area contributed by atoms with E-state index in [0.717, 1.165) is 18.5 Å². The van der Waals surface area contributed by atoms with Crippen LogP contribution in [0.3, 0.4) is 0 Å². The Hall–Kier alpha value is -3.55. The normalized spacial score (nSPS) is 15.0. The number of nitrogens with one attached hydrogen (secondary N) is 2. The standard InChI is InChI=1S/C24H30N4O4/c1-3-17(4-2)27-24(31)21-15-28(19-7-5-6-8-20(19)32-21)14-13-22(29)26-18-11-9-16(10-12-18)23(25)30/h5-12,17,21H,3-4,13-15H2,1-2H3,(H2,25,30)(H,26,29)(H,27,31). The maximum atomic E-state index is 12.8. The van der Waals surface area contributed by atoms with Crippen LogP contribution in [0.4, 0.5) is 11.4 Å². The maximum absolute atomic E-state index is 12.8. The number of fused-ring (bicyclic) bond motifs is 1. The van der Waals surface area contributed by atoms with Gasteiger partial charge in [-0.05, 0) is 49.2 Å². The van der Waals surface area contributed by atoms with E-state index in [1.54, 1.807) is 24.3 Å². The number of primary amides is 1. The lowest BCUT2D eigenvalue weighted by atomic mass is 10.1. The summed E-state index contributed by atoms with van der Waals surface area (Å²) in [6, 6.07) is 14.0. The molecule has 0 fully saturated rings. The van der Waals surface area contributed by atoms with Gasteiger partial charge < -0.3 is 26.0 Å². The Kier molecular flexibility index (Phi) is 7.70. The Morgan fingerprint density at radius 2 is 1.78 bits per heavy atom. The van der Waals surface area contributed by atoms with Gasteiger partial charge in [0.2, 0.25) is 11.8 Å². The highest BCUT2D eigenvalue weighted by Gasteiger charge is 2.31. The molecule has 1 aliphatic rings. The van der Waals surface area contributed by atoms with E-state index in [4.69, 9.17) is 10.5 Å². The van der Waals surface area contributed by atoms with Crippen LogP contribution in [-0.2, 0) is 9.59 Å². The van der Waals surface area contributed by atoms with Crippen molar-refractivity contribution in [2.24, 2.45) is 5.73 Å². The highest BCUT2D eigenvalue weighted by Crippen LogP contribution is 2.33. The van der Waals surface area contributed by atoms with Crippen molar-refractivity contribution in [2.75, 3.05) is 23.3 Å². The van der Waals surface area contributed by atoms with E-state index in [2.05, 4.69) is 10.6 Å². The first kappa shape index (κ1) is 23.1. The molecule has 3 amide bonds. The Labute approximate surface area is 188 Å². The number of para-hydroxylation sites is 2. The summed E-state index contributed by atoms with van der Waals surface area (Å²) in [5.74, 6) is -0.196. The molecule has 1 heterocycles. The van der Waals surface area contributed by atoms with Gasteiger partial charge in [-0.2, -0.15) is 0 Å². The zero-order valence-corrected chi connectivity index (χ0v) is 18.5. The molecule has 1 unspecified atom stereocenters. The lowest BCUT2D eigenvalue weighted by Crippen LogP contribution is -2.51. The zero-order valence-electron chi connectivity index (χ0n) is 18.5. The lowest BCUT2D eigenvalue weighted by Gasteiger charge is -2.36. The summed E-state index contributed by atoms with van der Waals surface area (Å²) < 4.78 is 5.95. The Morgan fingerprint density at radius 3 is 2.44 bits per heavy atom. The minimum Gasteiger partial charge on any atom is -0.477 e. The van der Waals surface area contributed by atoms with Crippen molar-refractivity contribution in [3.63, 3.8) is 0 Å². The predicted octanol–water partition coefficient (Wildman–Crippen LogP) is 2.69. The molecule has 3 rings (SSSR count). The molecular weight excluding hydrogens is 408 g/mol. The quantitative estimate of drug-likeness (QED) is 0.557. The largest absolute Gasteiger partial charge is 0.477 e. The topological polar surface area (TPSA) is 114 Å². The Morgan fingerprint density at radius 1 is 1.09 bits per heavy atom. The van der Waals surface area contributed by atoms with Gasteiger partial charge in [0.25, 0.3) is 5.91 Å². The van der Waals surface area contributed by atoms with Gasteiger partial charge in [0.05, 0.1) is 12.2 Å². The third-order valence-electron chi connectivity index (χ3n) is 5.55. The average Bonchev–Trinajstić information content (AvgIpc) is 2.80. The number of anilines is 2. The monoisotopic (exact) mass is 438 g/mol. The third-order valence-corrected chi connectivity index (χ3v) is 5.55. The van der Waals surface area contributed by atoms with Crippen LogP contribution in [0, 0.1) is 0 Å². The molecule has 0 aromatic heterocycles. The number of ether oxygens (including phenoxy) is 1. The van der Waals surface area contributed by atoms with E-state index in [1.165, 1.54) is 0 Å². The molecule has 1 aliphatic heterocycles. The van der Waals surface area contributed by atoms with Crippen molar-refractivity contribution < 1.29 is 19.1 Å². The second-order valence-corrected chi connectivity index (χ2v) is 7.78. The smallest absolute Gasteiger partial charge is 0.263 e. The number of benzene rings is 2. The summed E-state index contributed by atoms with van der Waals surface area (Å²) in [6.45, 7) is 4.87. The van der Waals surface area contributed by atoms with Crippen LogP contribution >= 0.6 is 0 Å². The van der Waals surface area contributed by atoms with E-state index in [0.29, 0.717) is 30.1 Å². The van der Waals surface area contributed by atoms with E-state index in [1.807, 2.05) is 43.0 Å². The van der Waals surface area contributed by atoms with E-state index >= 15 is 0 Å². The molecule has 1 atom stereocenters. The highest BCUT2D eigenvalue weighted by molar-refractivity contribution is 5.95. The number of carbonyl (C=O) groups is 3. The van der Waals surface area contributed by atoms with Gasteiger partial charge >= 0.3 is 0 Å². The third kappa shape index (κ3) is 5.78. The van der Waals surface area contributed by atoms with Crippen molar-refractivity contribution in [1.82, 2.24) is 5.32 Å². The SMILES string of the molecule is CCC(CC)NC(=O)C1CN(CCC(=O)Nc2ccc(C(N)=O)cc2)c2ccccc2O1. The minimum atomic E-state index is -0.644. The highest BCUT2D eigenvalue weighted by atomic mass is 16.5. The lowest BCUT2D eigenvalue weighted by molar-refractivity contribution is -0.128. The maximum Gasteiger partial charge on any atom is 0.263 e. The number of carbonyl (C=O) groups excluding carboxylic acids is 3. The van der Waals surface area contributed by atoms with Crippen molar-refractivity contribution in [3.8, 4) is 5.75 Å². The molecular formula is C24H30N4O4. The van der Waals surface area contributed by atoms with Crippen LogP contribution in [0.15, 0.2) is 48.5 Å². The number of hydrogen-bond donors (Lipinski definition) is 3. The number of hydrogen-bond acceptors (Lipinski definition) is 5. The molecule has 8 nitrogen and oxygen atoms in total. The first-order valence-corrected chi connectivity index (χ1v) is 10.9.